The van der Waals surface area contributed by atoms with Gasteiger partial charge in [-0.25, -0.2) is 4.79 Å². The lowest BCUT2D eigenvalue weighted by Gasteiger charge is -2.17. The van der Waals surface area contributed by atoms with E-state index in [4.69, 9.17) is 0 Å². The number of carbonyl (C=O) groups is 2. The van der Waals surface area contributed by atoms with Crippen molar-refractivity contribution in [3.8, 4) is 0 Å². The Balaban J connectivity index is 1.70. The lowest BCUT2D eigenvalue weighted by molar-refractivity contribution is -0.130. The van der Waals surface area contributed by atoms with Crippen LogP contribution in [-0.4, -0.2) is 36.7 Å². The second-order valence-electron chi connectivity index (χ2n) is 5.59. The van der Waals surface area contributed by atoms with Gasteiger partial charge < -0.3 is 15.5 Å². The average molecular weight is 357 g/mol. The molecule has 5 nitrogen and oxygen atoms in total. The van der Waals surface area contributed by atoms with Crippen LogP contribution in [0.3, 0.4) is 0 Å². The molecule has 0 heterocycles. The van der Waals surface area contributed by atoms with Crippen molar-refractivity contribution in [2.24, 2.45) is 0 Å². The quantitative estimate of drug-likeness (QED) is 0.745. The molecule has 2 aromatic carbocycles. The summed E-state index contributed by atoms with van der Waals surface area (Å²) in [5, 5.41) is 5.41. The Hall–Kier alpha value is -2.47. The van der Waals surface area contributed by atoms with Gasteiger partial charge in [-0.05, 0) is 36.1 Å². The van der Waals surface area contributed by atoms with Crippen LogP contribution >= 0.6 is 11.8 Å². The minimum Gasteiger partial charge on any atom is -0.341 e. The second kappa shape index (κ2) is 9.74. The molecular formula is C19H23N3O2S. The summed E-state index contributed by atoms with van der Waals surface area (Å²) in [4.78, 5) is 26.8. The summed E-state index contributed by atoms with van der Waals surface area (Å²) in [5.74, 6) is -0.00560. The highest BCUT2D eigenvalue weighted by molar-refractivity contribution is 7.98. The molecule has 0 fully saturated rings. The van der Waals surface area contributed by atoms with Gasteiger partial charge in [-0.1, -0.05) is 30.3 Å². The number of rotatable bonds is 7. The monoisotopic (exact) mass is 357 g/mol. The van der Waals surface area contributed by atoms with E-state index in [1.165, 1.54) is 4.90 Å². The summed E-state index contributed by atoms with van der Waals surface area (Å²) in [6, 6.07) is 17.0. The first-order valence-electron chi connectivity index (χ1n) is 8.05. The summed E-state index contributed by atoms with van der Waals surface area (Å²) >= 11 is 1.69. The van der Waals surface area contributed by atoms with Gasteiger partial charge in [0.2, 0.25) is 5.91 Å². The SMILES string of the molecule is CSc1ccc(CN(C)C(=O)CCNC(=O)Nc2ccccc2)cc1. The van der Waals surface area contributed by atoms with E-state index in [0.717, 1.165) is 11.3 Å². The molecule has 0 unspecified atom stereocenters. The standard InChI is InChI=1S/C19H23N3O2S/c1-22(14-15-8-10-17(25-2)11-9-15)18(23)12-13-20-19(24)21-16-6-4-3-5-7-16/h3-11H,12-14H2,1-2H3,(H2,20,21,24). The molecule has 0 atom stereocenters. The fraction of sp³-hybridized carbons (Fsp3) is 0.263. The second-order valence-corrected chi connectivity index (χ2v) is 6.47. The number of benzene rings is 2. The van der Waals surface area contributed by atoms with Crippen molar-refractivity contribution in [1.29, 1.82) is 0 Å². The molecule has 0 aromatic heterocycles. The topological polar surface area (TPSA) is 61.4 Å². The molecule has 0 bridgehead atoms. The van der Waals surface area contributed by atoms with E-state index in [1.54, 1.807) is 35.8 Å². The van der Waals surface area contributed by atoms with Crippen LogP contribution in [0, 0.1) is 0 Å². The molecule has 2 aromatic rings. The maximum absolute atomic E-state index is 12.2. The predicted octanol–water partition coefficient (Wildman–Crippen LogP) is 3.58. The lowest BCUT2D eigenvalue weighted by atomic mass is 10.2. The minimum atomic E-state index is -0.311. The maximum Gasteiger partial charge on any atom is 0.319 e. The number of urea groups is 1. The summed E-state index contributed by atoms with van der Waals surface area (Å²) in [6.07, 6.45) is 2.30. The van der Waals surface area contributed by atoms with E-state index < -0.39 is 0 Å². The highest BCUT2D eigenvalue weighted by atomic mass is 32.2. The van der Waals surface area contributed by atoms with Crippen molar-refractivity contribution < 1.29 is 9.59 Å². The number of nitrogens with one attached hydrogen (secondary N) is 2. The zero-order valence-corrected chi connectivity index (χ0v) is 15.3. The van der Waals surface area contributed by atoms with Crippen LogP contribution in [0.25, 0.3) is 0 Å². The van der Waals surface area contributed by atoms with Crippen LogP contribution in [0.2, 0.25) is 0 Å². The molecule has 2 rings (SSSR count). The van der Waals surface area contributed by atoms with Crippen LogP contribution in [0.15, 0.2) is 59.5 Å². The number of para-hydroxylation sites is 1. The van der Waals surface area contributed by atoms with Gasteiger partial charge in [0, 0.05) is 37.1 Å². The van der Waals surface area contributed by atoms with E-state index in [0.29, 0.717) is 13.1 Å². The van der Waals surface area contributed by atoms with Gasteiger partial charge in [-0.15, -0.1) is 11.8 Å². The Morgan fingerprint density at radius 2 is 1.72 bits per heavy atom. The number of hydrogen-bond acceptors (Lipinski definition) is 3. The van der Waals surface area contributed by atoms with E-state index in [-0.39, 0.29) is 18.4 Å². The molecule has 0 aliphatic rings. The first-order valence-corrected chi connectivity index (χ1v) is 9.28. The first-order chi connectivity index (χ1) is 12.1. The van der Waals surface area contributed by atoms with Crippen LogP contribution in [-0.2, 0) is 11.3 Å². The highest BCUT2D eigenvalue weighted by Crippen LogP contribution is 2.15. The molecule has 132 valence electrons. The summed E-state index contributed by atoms with van der Waals surface area (Å²) < 4.78 is 0. The molecular weight excluding hydrogens is 334 g/mol. The average Bonchev–Trinajstić information content (AvgIpc) is 2.63. The number of thioether (sulfide) groups is 1. The van der Waals surface area contributed by atoms with Gasteiger partial charge in [0.05, 0.1) is 0 Å². The van der Waals surface area contributed by atoms with Crippen molar-refractivity contribution in [1.82, 2.24) is 10.2 Å². The molecule has 0 aliphatic carbocycles. The fourth-order valence-electron chi connectivity index (χ4n) is 2.26. The van der Waals surface area contributed by atoms with Crippen molar-refractivity contribution >= 4 is 29.4 Å². The Bertz CT molecular complexity index is 690. The number of anilines is 1. The molecule has 0 saturated heterocycles. The Labute approximate surface area is 152 Å². The van der Waals surface area contributed by atoms with Gasteiger partial charge in [0.15, 0.2) is 0 Å². The van der Waals surface area contributed by atoms with Crippen molar-refractivity contribution in [3.05, 3.63) is 60.2 Å². The fourth-order valence-corrected chi connectivity index (χ4v) is 2.67. The summed E-state index contributed by atoms with van der Waals surface area (Å²) in [7, 11) is 1.77. The van der Waals surface area contributed by atoms with Gasteiger partial charge in [0.25, 0.3) is 0 Å². The molecule has 3 amide bonds. The van der Waals surface area contributed by atoms with Crippen LogP contribution in [0.4, 0.5) is 10.5 Å². The van der Waals surface area contributed by atoms with E-state index in [2.05, 4.69) is 10.6 Å². The van der Waals surface area contributed by atoms with Gasteiger partial charge in [-0.2, -0.15) is 0 Å². The van der Waals surface area contributed by atoms with Crippen LogP contribution in [0.5, 0.6) is 0 Å². The van der Waals surface area contributed by atoms with Crippen molar-refractivity contribution in [2.45, 2.75) is 17.9 Å². The third-order valence-electron chi connectivity index (χ3n) is 3.66. The maximum atomic E-state index is 12.2. The third kappa shape index (κ3) is 6.51. The Morgan fingerprint density at radius 3 is 2.36 bits per heavy atom. The zero-order valence-electron chi connectivity index (χ0n) is 14.5. The molecule has 2 N–H and O–H groups in total. The Morgan fingerprint density at radius 1 is 1.04 bits per heavy atom. The third-order valence-corrected chi connectivity index (χ3v) is 4.40. The van der Waals surface area contributed by atoms with E-state index >= 15 is 0 Å². The smallest absolute Gasteiger partial charge is 0.319 e. The number of carbonyl (C=O) groups excluding carboxylic acids is 2. The number of hydrogen-bond donors (Lipinski definition) is 2. The largest absolute Gasteiger partial charge is 0.341 e. The van der Waals surface area contributed by atoms with E-state index in [1.807, 2.05) is 48.7 Å². The van der Waals surface area contributed by atoms with Gasteiger partial charge in [0.1, 0.15) is 0 Å². The molecule has 0 radical (unpaired) electrons. The van der Waals surface area contributed by atoms with E-state index in [9.17, 15) is 9.59 Å². The highest BCUT2D eigenvalue weighted by Gasteiger charge is 2.10. The molecule has 0 aliphatic heterocycles. The minimum absolute atomic E-state index is 0.00560. The molecule has 25 heavy (non-hydrogen) atoms. The van der Waals surface area contributed by atoms with Gasteiger partial charge in [-0.3, -0.25) is 4.79 Å². The van der Waals surface area contributed by atoms with Crippen molar-refractivity contribution in [3.63, 3.8) is 0 Å². The Kier molecular flexibility index (Phi) is 7.35. The number of nitrogens with zero attached hydrogens (tertiary/aromatic N) is 1. The molecule has 0 spiro atoms. The summed E-state index contributed by atoms with van der Waals surface area (Å²) in [5.41, 5.74) is 1.81. The van der Waals surface area contributed by atoms with Crippen LogP contribution in [0.1, 0.15) is 12.0 Å². The van der Waals surface area contributed by atoms with Crippen molar-refractivity contribution in [2.75, 3.05) is 25.2 Å². The lowest BCUT2D eigenvalue weighted by Crippen LogP contribution is -2.34. The molecule has 6 heteroatoms. The molecule has 0 saturated carbocycles. The normalized spacial score (nSPS) is 10.2. The predicted molar refractivity (Wildman–Crippen MR) is 103 cm³/mol. The zero-order chi connectivity index (χ0) is 18.1. The number of amides is 3. The summed E-state index contributed by atoms with van der Waals surface area (Å²) in [6.45, 7) is 0.858. The van der Waals surface area contributed by atoms with Gasteiger partial charge >= 0.3 is 6.03 Å². The first kappa shape index (κ1) is 18.9. The van der Waals surface area contributed by atoms with Crippen LogP contribution < -0.4 is 10.6 Å².